The van der Waals surface area contributed by atoms with Crippen molar-refractivity contribution in [3.63, 3.8) is 0 Å². The van der Waals surface area contributed by atoms with Crippen LogP contribution in [0, 0.1) is 9.49 Å². The molecular formula is C18H20INO2. The quantitative estimate of drug-likeness (QED) is 0.725. The minimum absolute atomic E-state index is 0.0508. The summed E-state index contributed by atoms with van der Waals surface area (Å²) >= 11 is 2.17. The highest BCUT2D eigenvalue weighted by molar-refractivity contribution is 14.1. The molecule has 0 bridgehead atoms. The summed E-state index contributed by atoms with van der Waals surface area (Å²) in [5.41, 5.74) is 1.76. The Hall–Kier alpha value is -1.56. The van der Waals surface area contributed by atoms with E-state index in [2.05, 4.69) is 41.8 Å². The van der Waals surface area contributed by atoms with Crippen LogP contribution in [0.1, 0.15) is 29.8 Å². The van der Waals surface area contributed by atoms with Gasteiger partial charge < -0.3 is 10.1 Å². The van der Waals surface area contributed by atoms with Crippen LogP contribution < -0.4 is 10.1 Å². The number of carbonyl (C=O) groups is 1. The van der Waals surface area contributed by atoms with Gasteiger partial charge in [-0.05, 0) is 58.3 Å². The Labute approximate surface area is 145 Å². The maximum atomic E-state index is 12.1. The van der Waals surface area contributed by atoms with Crippen LogP contribution in [0.2, 0.25) is 0 Å². The van der Waals surface area contributed by atoms with E-state index < -0.39 is 0 Å². The van der Waals surface area contributed by atoms with Gasteiger partial charge in [0.2, 0.25) is 0 Å². The van der Waals surface area contributed by atoms with E-state index in [9.17, 15) is 4.79 Å². The highest BCUT2D eigenvalue weighted by Gasteiger charge is 2.08. The Kier molecular flexibility index (Phi) is 6.24. The highest BCUT2D eigenvalue weighted by atomic mass is 127. The Bertz CT molecular complexity index is 623. The van der Waals surface area contributed by atoms with Gasteiger partial charge in [0, 0.05) is 10.1 Å². The fourth-order valence-electron chi connectivity index (χ4n) is 1.89. The largest absolute Gasteiger partial charge is 0.493 e. The molecule has 2 aromatic carbocycles. The van der Waals surface area contributed by atoms with Crippen LogP contribution >= 0.6 is 22.6 Å². The number of nitrogens with one attached hydrogen (secondary N) is 1. The van der Waals surface area contributed by atoms with Gasteiger partial charge in [-0.1, -0.05) is 38.1 Å². The van der Waals surface area contributed by atoms with Crippen LogP contribution in [-0.2, 0) is 6.54 Å². The molecule has 0 radical (unpaired) electrons. The summed E-state index contributed by atoms with van der Waals surface area (Å²) in [6, 6.07) is 15.4. The first-order chi connectivity index (χ1) is 10.6. The second-order valence-electron chi connectivity index (χ2n) is 5.51. The van der Waals surface area contributed by atoms with Gasteiger partial charge in [0.1, 0.15) is 5.75 Å². The topological polar surface area (TPSA) is 38.3 Å². The van der Waals surface area contributed by atoms with Crippen molar-refractivity contribution in [1.82, 2.24) is 5.32 Å². The van der Waals surface area contributed by atoms with E-state index in [1.165, 1.54) is 0 Å². The van der Waals surface area contributed by atoms with Crippen LogP contribution in [0.3, 0.4) is 0 Å². The molecule has 0 aliphatic heterocycles. The number of amides is 1. The SMILES string of the molecule is CC(C)COc1ccc(CNC(=O)c2ccccc2I)cc1. The van der Waals surface area contributed by atoms with Gasteiger partial charge >= 0.3 is 0 Å². The summed E-state index contributed by atoms with van der Waals surface area (Å²) in [4.78, 5) is 12.1. The van der Waals surface area contributed by atoms with E-state index in [-0.39, 0.29) is 5.91 Å². The maximum absolute atomic E-state index is 12.1. The molecule has 0 aliphatic rings. The summed E-state index contributed by atoms with van der Waals surface area (Å²) in [5.74, 6) is 1.32. The molecule has 3 nitrogen and oxygen atoms in total. The van der Waals surface area contributed by atoms with Gasteiger partial charge in [0.15, 0.2) is 0 Å². The minimum Gasteiger partial charge on any atom is -0.493 e. The molecule has 1 N–H and O–H groups in total. The first kappa shape index (κ1) is 16.8. The molecule has 116 valence electrons. The van der Waals surface area contributed by atoms with Crippen LogP contribution in [0.5, 0.6) is 5.75 Å². The average Bonchev–Trinajstić information content (AvgIpc) is 2.52. The van der Waals surface area contributed by atoms with Crippen molar-refractivity contribution in [2.24, 2.45) is 5.92 Å². The molecular weight excluding hydrogens is 389 g/mol. The number of halogens is 1. The van der Waals surface area contributed by atoms with Gasteiger partial charge in [-0.25, -0.2) is 0 Å². The second kappa shape index (κ2) is 8.17. The fraction of sp³-hybridized carbons (Fsp3) is 0.278. The van der Waals surface area contributed by atoms with E-state index in [1.807, 2.05) is 48.5 Å². The third-order valence-electron chi connectivity index (χ3n) is 3.08. The Morgan fingerprint density at radius 2 is 1.82 bits per heavy atom. The molecule has 22 heavy (non-hydrogen) atoms. The maximum Gasteiger partial charge on any atom is 0.252 e. The van der Waals surface area contributed by atoms with Crippen molar-refractivity contribution in [1.29, 1.82) is 0 Å². The molecule has 0 aromatic heterocycles. The van der Waals surface area contributed by atoms with Crippen LogP contribution in [-0.4, -0.2) is 12.5 Å². The summed E-state index contributed by atoms with van der Waals surface area (Å²) in [6.45, 7) is 5.46. The molecule has 2 rings (SSSR count). The number of carbonyl (C=O) groups excluding carboxylic acids is 1. The molecule has 0 unspecified atom stereocenters. The van der Waals surface area contributed by atoms with Crippen LogP contribution in [0.4, 0.5) is 0 Å². The van der Waals surface area contributed by atoms with E-state index in [0.717, 1.165) is 14.9 Å². The zero-order valence-corrected chi connectivity index (χ0v) is 15.0. The van der Waals surface area contributed by atoms with E-state index in [0.29, 0.717) is 24.6 Å². The van der Waals surface area contributed by atoms with Gasteiger partial charge in [-0.2, -0.15) is 0 Å². The zero-order chi connectivity index (χ0) is 15.9. The highest BCUT2D eigenvalue weighted by Crippen LogP contribution is 2.14. The number of rotatable bonds is 6. The summed E-state index contributed by atoms with van der Waals surface area (Å²) in [7, 11) is 0. The summed E-state index contributed by atoms with van der Waals surface area (Å²) < 4.78 is 6.60. The van der Waals surface area contributed by atoms with Crippen molar-refractivity contribution in [3.05, 3.63) is 63.2 Å². The Morgan fingerprint density at radius 3 is 2.45 bits per heavy atom. The fourth-order valence-corrected chi connectivity index (χ4v) is 2.52. The van der Waals surface area contributed by atoms with Gasteiger partial charge in [0.25, 0.3) is 5.91 Å². The van der Waals surface area contributed by atoms with E-state index >= 15 is 0 Å². The normalized spacial score (nSPS) is 10.5. The molecule has 0 spiro atoms. The molecule has 2 aromatic rings. The number of hydrogen-bond acceptors (Lipinski definition) is 2. The standard InChI is InChI=1S/C18H20INO2/c1-13(2)12-22-15-9-7-14(8-10-15)11-20-18(21)16-5-3-4-6-17(16)19/h3-10,13H,11-12H2,1-2H3,(H,20,21). The molecule has 0 saturated carbocycles. The molecule has 0 heterocycles. The monoisotopic (exact) mass is 409 g/mol. The summed E-state index contributed by atoms with van der Waals surface area (Å²) in [5, 5.41) is 2.94. The predicted molar refractivity (Wildman–Crippen MR) is 97.1 cm³/mol. The van der Waals surface area contributed by atoms with Gasteiger partial charge in [0.05, 0.1) is 12.2 Å². The van der Waals surface area contributed by atoms with Crippen LogP contribution in [0.15, 0.2) is 48.5 Å². The Morgan fingerprint density at radius 1 is 1.14 bits per heavy atom. The molecule has 0 fully saturated rings. The third-order valence-corrected chi connectivity index (χ3v) is 4.02. The second-order valence-corrected chi connectivity index (χ2v) is 6.67. The number of benzene rings is 2. The first-order valence-corrected chi connectivity index (χ1v) is 8.38. The van der Waals surface area contributed by atoms with E-state index in [1.54, 1.807) is 0 Å². The molecule has 4 heteroatoms. The van der Waals surface area contributed by atoms with Crippen molar-refractivity contribution >= 4 is 28.5 Å². The Balaban J connectivity index is 1.89. The smallest absolute Gasteiger partial charge is 0.252 e. The van der Waals surface area contributed by atoms with Crippen molar-refractivity contribution in [2.75, 3.05) is 6.61 Å². The van der Waals surface area contributed by atoms with Crippen LogP contribution in [0.25, 0.3) is 0 Å². The first-order valence-electron chi connectivity index (χ1n) is 7.30. The lowest BCUT2D eigenvalue weighted by molar-refractivity contribution is 0.0950. The molecule has 1 amide bonds. The van der Waals surface area contributed by atoms with Gasteiger partial charge in [-0.15, -0.1) is 0 Å². The summed E-state index contributed by atoms with van der Waals surface area (Å²) in [6.07, 6.45) is 0. The predicted octanol–water partition coefficient (Wildman–Crippen LogP) is 4.26. The molecule has 0 aliphatic carbocycles. The molecule has 0 atom stereocenters. The lowest BCUT2D eigenvalue weighted by atomic mass is 10.2. The lowest BCUT2D eigenvalue weighted by Gasteiger charge is -2.10. The van der Waals surface area contributed by atoms with Crippen molar-refractivity contribution in [3.8, 4) is 5.75 Å². The minimum atomic E-state index is -0.0508. The van der Waals surface area contributed by atoms with Gasteiger partial charge in [-0.3, -0.25) is 4.79 Å². The van der Waals surface area contributed by atoms with E-state index in [4.69, 9.17) is 4.74 Å². The third kappa shape index (κ3) is 5.02. The van der Waals surface area contributed by atoms with Crippen molar-refractivity contribution < 1.29 is 9.53 Å². The molecule has 0 saturated heterocycles. The number of ether oxygens (including phenoxy) is 1. The average molecular weight is 409 g/mol. The zero-order valence-electron chi connectivity index (χ0n) is 12.8. The van der Waals surface area contributed by atoms with Crippen molar-refractivity contribution in [2.45, 2.75) is 20.4 Å². The lowest BCUT2D eigenvalue weighted by Crippen LogP contribution is -2.23. The number of hydrogen-bond donors (Lipinski definition) is 1.